The molecule has 2 aromatic carbocycles. The zero-order valence-electron chi connectivity index (χ0n) is 15.9. The molecule has 3 aromatic rings. The topological polar surface area (TPSA) is 37.6 Å². The molecule has 1 atom stereocenters. The third-order valence-electron chi connectivity index (χ3n) is 5.78. The van der Waals surface area contributed by atoms with Gasteiger partial charge in [0.25, 0.3) is 0 Å². The molecule has 0 spiro atoms. The van der Waals surface area contributed by atoms with Gasteiger partial charge in [-0.05, 0) is 47.8 Å². The van der Waals surface area contributed by atoms with Crippen LogP contribution in [0.25, 0.3) is 21.7 Å². The van der Waals surface area contributed by atoms with Crippen LogP contribution in [0.3, 0.4) is 0 Å². The zero-order chi connectivity index (χ0) is 18.5. The van der Waals surface area contributed by atoms with Gasteiger partial charge in [0.1, 0.15) is 0 Å². The van der Waals surface area contributed by atoms with Gasteiger partial charge in [-0.15, -0.1) is 0 Å². The van der Waals surface area contributed by atoms with Crippen LogP contribution in [0.4, 0.5) is 0 Å². The van der Waals surface area contributed by atoms with E-state index in [1.54, 1.807) is 0 Å². The van der Waals surface area contributed by atoms with Crippen LogP contribution in [0.2, 0.25) is 0 Å². The molecule has 1 aliphatic rings. The highest BCUT2D eigenvalue weighted by Gasteiger charge is 2.35. The van der Waals surface area contributed by atoms with Crippen LogP contribution in [0.15, 0.2) is 40.8 Å². The lowest BCUT2D eigenvalue weighted by Gasteiger charge is -2.31. The van der Waals surface area contributed by atoms with Crippen molar-refractivity contribution in [3.8, 4) is 0 Å². The lowest BCUT2D eigenvalue weighted by Crippen LogP contribution is -2.26. The van der Waals surface area contributed by atoms with Gasteiger partial charge in [-0.3, -0.25) is 0 Å². The molecule has 0 aliphatic heterocycles. The standard InChI is InChI=1S/C23H25O3/c1-23(2,3)16-10-8-15-12-18-19(26-20(15)13-16)11-9-14-6-5-7-17(21(14)18)22(24)25-4/h5-7,9,11-12,16H,8,10,13H2,1-4H3/q+1. The first-order chi connectivity index (χ1) is 12.4. The first kappa shape index (κ1) is 17.0. The number of fused-ring (bicyclic) bond motifs is 4. The van der Waals surface area contributed by atoms with Crippen LogP contribution in [-0.4, -0.2) is 13.1 Å². The second-order valence-electron chi connectivity index (χ2n) is 8.37. The molecule has 1 aliphatic carbocycles. The van der Waals surface area contributed by atoms with Crippen molar-refractivity contribution < 1.29 is 13.9 Å². The Morgan fingerprint density at radius 2 is 2.00 bits per heavy atom. The van der Waals surface area contributed by atoms with E-state index in [1.807, 2.05) is 30.3 Å². The minimum atomic E-state index is -0.311. The summed E-state index contributed by atoms with van der Waals surface area (Å²) in [6.07, 6.45) is 3.17. The fourth-order valence-electron chi connectivity index (χ4n) is 4.13. The summed E-state index contributed by atoms with van der Waals surface area (Å²) >= 11 is 0. The zero-order valence-corrected chi connectivity index (χ0v) is 15.9. The van der Waals surface area contributed by atoms with Crippen molar-refractivity contribution >= 4 is 27.7 Å². The van der Waals surface area contributed by atoms with Gasteiger partial charge in [0.05, 0.1) is 30.0 Å². The van der Waals surface area contributed by atoms with Crippen molar-refractivity contribution in [1.82, 2.24) is 0 Å². The summed E-state index contributed by atoms with van der Waals surface area (Å²) in [6.45, 7) is 6.92. The number of benzene rings is 2. The van der Waals surface area contributed by atoms with E-state index >= 15 is 0 Å². The van der Waals surface area contributed by atoms with Gasteiger partial charge < -0.3 is 4.74 Å². The fourth-order valence-corrected chi connectivity index (χ4v) is 4.13. The smallest absolute Gasteiger partial charge is 0.360 e. The Balaban J connectivity index is 1.93. The van der Waals surface area contributed by atoms with Crippen molar-refractivity contribution in [1.29, 1.82) is 0 Å². The van der Waals surface area contributed by atoms with Gasteiger partial charge in [-0.2, -0.15) is 0 Å². The molecular weight excluding hydrogens is 324 g/mol. The molecule has 3 heteroatoms. The number of methoxy groups -OCH3 is 1. The van der Waals surface area contributed by atoms with Crippen LogP contribution in [0, 0.1) is 11.3 Å². The fraction of sp³-hybridized carbons (Fsp3) is 0.391. The van der Waals surface area contributed by atoms with E-state index in [9.17, 15) is 4.79 Å². The quantitative estimate of drug-likeness (QED) is 0.316. The normalized spacial score (nSPS) is 17.3. The number of hydrogen-bond acceptors (Lipinski definition) is 2. The van der Waals surface area contributed by atoms with Crippen LogP contribution in [0.5, 0.6) is 0 Å². The molecule has 1 unspecified atom stereocenters. The third-order valence-corrected chi connectivity index (χ3v) is 5.78. The average molecular weight is 349 g/mol. The molecule has 4 rings (SSSR count). The molecule has 0 fully saturated rings. The number of rotatable bonds is 1. The first-order valence-electron chi connectivity index (χ1n) is 9.27. The minimum Gasteiger partial charge on any atom is -0.465 e. The van der Waals surface area contributed by atoms with Crippen LogP contribution in [-0.2, 0) is 17.6 Å². The van der Waals surface area contributed by atoms with E-state index < -0.39 is 0 Å². The van der Waals surface area contributed by atoms with Crippen LogP contribution >= 0.6 is 0 Å². The third kappa shape index (κ3) is 2.76. The van der Waals surface area contributed by atoms with Gasteiger partial charge >= 0.3 is 17.3 Å². The molecule has 0 saturated heterocycles. The Labute approximate surface area is 154 Å². The highest BCUT2D eigenvalue weighted by Crippen LogP contribution is 2.39. The number of ether oxygens (including phenoxy) is 1. The Morgan fingerprint density at radius 3 is 2.73 bits per heavy atom. The Bertz CT molecular complexity index is 1010. The van der Waals surface area contributed by atoms with Crippen molar-refractivity contribution in [3.05, 3.63) is 53.3 Å². The number of hydrogen-bond donors (Lipinski definition) is 0. The lowest BCUT2D eigenvalue weighted by atomic mass is 9.72. The molecular formula is C23H25O3+. The first-order valence-corrected chi connectivity index (χ1v) is 9.27. The lowest BCUT2D eigenvalue weighted by molar-refractivity contribution is 0.0603. The summed E-state index contributed by atoms with van der Waals surface area (Å²) < 4.78 is 11.3. The summed E-state index contributed by atoms with van der Waals surface area (Å²) in [5, 5.41) is 2.94. The molecule has 0 amide bonds. The van der Waals surface area contributed by atoms with Crippen molar-refractivity contribution in [2.45, 2.75) is 40.0 Å². The maximum Gasteiger partial charge on any atom is 0.360 e. The van der Waals surface area contributed by atoms with Crippen molar-refractivity contribution in [3.63, 3.8) is 0 Å². The average Bonchev–Trinajstić information content (AvgIpc) is 2.63. The second kappa shape index (κ2) is 6.08. The molecule has 1 aromatic heterocycles. The molecule has 0 radical (unpaired) electrons. The molecule has 0 bridgehead atoms. The molecule has 0 saturated carbocycles. The highest BCUT2D eigenvalue weighted by molar-refractivity contribution is 6.15. The van der Waals surface area contributed by atoms with E-state index in [-0.39, 0.29) is 11.4 Å². The van der Waals surface area contributed by atoms with E-state index in [0.717, 1.165) is 40.3 Å². The summed E-state index contributed by atoms with van der Waals surface area (Å²) in [5.41, 5.74) is 2.98. The molecule has 1 heterocycles. The monoisotopic (exact) mass is 349 g/mol. The minimum absolute atomic E-state index is 0.281. The maximum absolute atomic E-state index is 12.3. The van der Waals surface area contributed by atoms with E-state index in [4.69, 9.17) is 9.15 Å². The van der Waals surface area contributed by atoms with Gasteiger partial charge in [0, 0.05) is 11.5 Å². The number of carbonyl (C=O) groups is 1. The number of carbonyl (C=O) groups excluding carboxylic acids is 1. The van der Waals surface area contributed by atoms with Gasteiger partial charge in [0.15, 0.2) is 0 Å². The van der Waals surface area contributed by atoms with Crippen molar-refractivity contribution in [2.75, 3.05) is 7.11 Å². The van der Waals surface area contributed by atoms with Crippen molar-refractivity contribution in [2.24, 2.45) is 11.3 Å². The van der Waals surface area contributed by atoms with Crippen LogP contribution < -0.4 is 0 Å². The molecule has 134 valence electrons. The number of esters is 1. The molecule has 26 heavy (non-hydrogen) atoms. The maximum atomic E-state index is 12.3. The van der Waals surface area contributed by atoms with Gasteiger partial charge in [0.2, 0.25) is 0 Å². The molecule has 0 N–H and O–H groups in total. The second-order valence-corrected chi connectivity index (χ2v) is 8.37. The van der Waals surface area contributed by atoms with Gasteiger partial charge in [-0.25, -0.2) is 9.21 Å². The van der Waals surface area contributed by atoms with E-state index in [2.05, 4.69) is 26.8 Å². The summed E-state index contributed by atoms with van der Waals surface area (Å²) in [6, 6.07) is 12.0. The summed E-state index contributed by atoms with van der Waals surface area (Å²) in [7, 11) is 1.42. The Hall–Kier alpha value is -2.42. The summed E-state index contributed by atoms with van der Waals surface area (Å²) in [5.74, 6) is 1.41. The largest absolute Gasteiger partial charge is 0.465 e. The molecule has 3 nitrogen and oxygen atoms in total. The van der Waals surface area contributed by atoms with Crippen LogP contribution in [0.1, 0.15) is 48.9 Å². The Kier molecular flexibility index (Phi) is 3.98. The number of aryl methyl sites for hydroxylation is 1. The summed E-state index contributed by atoms with van der Waals surface area (Å²) in [4.78, 5) is 12.3. The highest BCUT2D eigenvalue weighted by atomic mass is 16.5. The SMILES string of the molecule is COC(=O)c1cccc2ccc3[o+]c4c(cc3c12)CCC(C(C)(C)C)C4. The van der Waals surface area contributed by atoms with E-state index in [0.29, 0.717) is 11.5 Å². The predicted octanol–water partition coefficient (Wildman–Crippen LogP) is 5.80. The Morgan fingerprint density at radius 1 is 1.19 bits per heavy atom. The van der Waals surface area contributed by atoms with E-state index in [1.165, 1.54) is 19.1 Å². The van der Waals surface area contributed by atoms with Gasteiger partial charge in [-0.1, -0.05) is 32.9 Å². The predicted molar refractivity (Wildman–Crippen MR) is 104 cm³/mol.